The lowest BCUT2D eigenvalue weighted by Crippen LogP contribution is -1.87. The number of hydrogen-bond donors (Lipinski definition) is 1. The Balaban J connectivity index is 3.03. The molecule has 4 nitrogen and oxygen atoms in total. The van der Waals surface area contributed by atoms with E-state index in [0.717, 1.165) is 11.8 Å². The first-order valence-electron chi connectivity index (χ1n) is 3.74. The first-order valence-corrected chi connectivity index (χ1v) is 4.73. The van der Waals surface area contributed by atoms with Crippen molar-refractivity contribution in [1.82, 2.24) is 0 Å². The molecule has 13 heavy (non-hydrogen) atoms. The second-order valence-electron chi connectivity index (χ2n) is 2.38. The van der Waals surface area contributed by atoms with Gasteiger partial charge < -0.3 is 5.11 Å². The molecule has 1 rings (SSSR count). The fourth-order valence-electron chi connectivity index (χ4n) is 0.923. The number of phenols is 1. The van der Waals surface area contributed by atoms with Crippen molar-refractivity contribution in [2.24, 2.45) is 0 Å². The van der Waals surface area contributed by atoms with Gasteiger partial charge in [0.1, 0.15) is 5.75 Å². The zero-order chi connectivity index (χ0) is 9.84. The van der Waals surface area contributed by atoms with Gasteiger partial charge in [-0.3, -0.25) is 10.1 Å². The molecule has 0 aliphatic heterocycles. The Labute approximate surface area is 79.7 Å². The van der Waals surface area contributed by atoms with Crippen LogP contribution in [-0.4, -0.2) is 15.8 Å². The van der Waals surface area contributed by atoms with Crippen molar-refractivity contribution in [3.8, 4) is 5.75 Å². The number of hydrogen-bond acceptors (Lipinski definition) is 4. The SMILES string of the molecule is CCSc1cc(O)cc([N+](=O)[O-])c1. The first-order chi connectivity index (χ1) is 6.13. The summed E-state index contributed by atoms with van der Waals surface area (Å²) in [6.07, 6.45) is 0. The maximum absolute atomic E-state index is 10.4. The van der Waals surface area contributed by atoms with Gasteiger partial charge in [-0.25, -0.2) is 0 Å². The molecule has 0 aliphatic carbocycles. The monoisotopic (exact) mass is 199 g/mol. The molecule has 0 saturated carbocycles. The van der Waals surface area contributed by atoms with E-state index in [9.17, 15) is 10.1 Å². The van der Waals surface area contributed by atoms with Crippen molar-refractivity contribution < 1.29 is 10.0 Å². The molecule has 1 aromatic carbocycles. The van der Waals surface area contributed by atoms with Gasteiger partial charge in [-0.05, 0) is 11.8 Å². The van der Waals surface area contributed by atoms with E-state index < -0.39 is 4.92 Å². The van der Waals surface area contributed by atoms with Crippen LogP contribution in [-0.2, 0) is 0 Å². The number of phenolic OH excluding ortho intramolecular Hbond substituents is 1. The highest BCUT2D eigenvalue weighted by Gasteiger charge is 2.08. The molecule has 0 spiro atoms. The predicted octanol–water partition coefficient (Wildman–Crippen LogP) is 2.41. The molecule has 0 fully saturated rings. The van der Waals surface area contributed by atoms with Gasteiger partial charge in [0.05, 0.1) is 11.0 Å². The van der Waals surface area contributed by atoms with Crippen LogP contribution in [0.2, 0.25) is 0 Å². The van der Waals surface area contributed by atoms with Crippen LogP contribution < -0.4 is 0 Å². The largest absolute Gasteiger partial charge is 0.508 e. The summed E-state index contributed by atoms with van der Waals surface area (Å²) in [6, 6.07) is 4.11. The number of nitro groups is 1. The normalized spacial score (nSPS) is 9.92. The predicted molar refractivity (Wildman–Crippen MR) is 51.2 cm³/mol. The maximum Gasteiger partial charge on any atom is 0.274 e. The number of nitrogens with zero attached hydrogens (tertiary/aromatic N) is 1. The standard InChI is InChI=1S/C8H9NO3S/c1-2-13-8-4-6(9(11)12)3-7(10)5-8/h3-5,10H,2H2,1H3. The van der Waals surface area contributed by atoms with E-state index in [0.29, 0.717) is 4.90 Å². The van der Waals surface area contributed by atoms with Crippen molar-refractivity contribution >= 4 is 17.4 Å². The smallest absolute Gasteiger partial charge is 0.274 e. The van der Waals surface area contributed by atoms with Gasteiger partial charge in [0.25, 0.3) is 5.69 Å². The van der Waals surface area contributed by atoms with Gasteiger partial charge in [-0.1, -0.05) is 6.92 Å². The minimum absolute atomic E-state index is 0.0647. The second-order valence-corrected chi connectivity index (χ2v) is 3.71. The second kappa shape index (κ2) is 4.13. The third-order valence-corrected chi connectivity index (χ3v) is 2.26. The highest BCUT2D eigenvalue weighted by molar-refractivity contribution is 7.99. The molecule has 70 valence electrons. The molecule has 0 heterocycles. The molecule has 0 radical (unpaired) electrons. The fourth-order valence-corrected chi connectivity index (χ4v) is 1.66. The molecular formula is C8H9NO3S. The Morgan fingerprint density at radius 3 is 2.77 bits per heavy atom. The van der Waals surface area contributed by atoms with E-state index in [1.165, 1.54) is 23.9 Å². The Bertz CT molecular complexity index is 327. The zero-order valence-corrected chi connectivity index (χ0v) is 7.87. The van der Waals surface area contributed by atoms with Crippen LogP contribution >= 0.6 is 11.8 Å². The topological polar surface area (TPSA) is 63.4 Å². The minimum atomic E-state index is -0.514. The van der Waals surface area contributed by atoms with Crippen LogP contribution in [0.3, 0.4) is 0 Å². The van der Waals surface area contributed by atoms with Crippen molar-refractivity contribution in [2.75, 3.05) is 5.75 Å². The Hall–Kier alpha value is -1.23. The first kappa shape index (κ1) is 9.85. The van der Waals surface area contributed by atoms with Gasteiger partial charge in [0.15, 0.2) is 0 Å². The Morgan fingerprint density at radius 2 is 2.23 bits per heavy atom. The summed E-state index contributed by atoms with van der Waals surface area (Å²) in [6.45, 7) is 1.94. The van der Waals surface area contributed by atoms with Gasteiger partial charge >= 0.3 is 0 Å². The lowest BCUT2D eigenvalue weighted by Gasteiger charge is -1.99. The number of rotatable bonds is 3. The summed E-state index contributed by atoms with van der Waals surface area (Å²) in [4.78, 5) is 10.6. The summed E-state index contributed by atoms with van der Waals surface area (Å²) >= 11 is 1.46. The maximum atomic E-state index is 10.4. The van der Waals surface area contributed by atoms with Crippen molar-refractivity contribution in [3.05, 3.63) is 28.3 Å². The van der Waals surface area contributed by atoms with Crippen LogP contribution in [0.4, 0.5) is 5.69 Å². The third-order valence-electron chi connectivity index (χ3n) is 1.40. The van der Waals surface area contributed by atoms with Crippen molar-refractivity contribution in [1.29, 1.82) is 0 Å². The highest BCUT2D eigenvalue weighted by atomic mass is 32.2. The summed E-state index contributed by atoms with van der Waals surface area (Å²) < 4.78 is 0. The molecule has 1 N–H and O–H groups in total. The number of nitro benzene ring substituents is 1. The van der Waals surface area contributed by atoms with Crippen LogP contribution in [0.1, 0.15) is 6.92 Å². The van der Waals surface area contributed by atoms with E-state index in [4.69, 9.17) is 5.11 Å². The quantitative estimate of drug-likeness (QED) is 0.461. The molecular weight excluding hydrogens is 190 g/mol. The van der Waals surface area contributed by atoms with Crippen LogP contribution in [0.5, 0.6) is 5.75 Å². The lowest BCUT2D eigenvalue weighted by atomic mass is 10.3. The lowest BCUT2D eigenvalue weighted by molar-refractivity contribution is -0.385. The van der Waals surface area contributed by atoms with Gasteiger partial charge in [0, 0.05) is 11.0 Å². The number of thioether (sulfide) groups is 1. The average Bonchev–Trinajstić information content (AvgIpc) is 2.03. The number of aromatic hydroxyl groups is 1. The third kappa shape index (κ3) is 2.62. The summed E-state index contributed by atoms with van der Waals surface area (Å²) in [5.74, 6) is 0.755. The summed E-state index contributed by atoms with van der Waals surface area (Å²) in [5.41, 5.74) is -0.0732. The molecule has 1 aromatic rings. The van der Waals surface area contributed by atoms with E-state index in [-0.39, 0.29) is 11.4 Å². The number of non-ortho nitro benzene ring substituents is 1. The highest BCUT2D eigenvalue weighted by Crippen LogP contribution is 2.27. The van der Waals surface area contributed by atoms with E-state index in [1.54, 1.807) is 0 Å². The molecule has 0 saturated heterocycles. The summed E-state index contributed by atoms with van der Waals surface area (Å²) in [5, 5.41) is 19.5. The molecule has 0 aliphatic rings. The zero-order valence-electron chi connectivity index (χ0n) is 7.06. The van der Waals surface area contributed by atoms with Crippen molar-refractivity contribution in [3.63, 3.8) is 0 Å². The van der Waals surface area contributed by atoms with Crippen LogP contribution in [0.15, 0.2) is 23.1 Å². The van der Waals surface area contributed by atoms with E-state index >= 15 is 0 Å². The molecule has 0 atom stereocenters. The minimum Gasteiger partial charge on any atom is -0.508 e. The fraction of sp³-hybridized carbons (Fsp3) is 0.250. The Kier molecular flexibility index (Phi) is 3.13. The van der Waals surface area contributed by atoms with Gasteiger partial charge in [-0.2, -0.15) is 0 Å². The van der Waals surface area contributed by atoms with Gasteiger partial charge in [-0.15, -0.1) is 11.8 Å². The van der Waals surface area contributed by atoms with E-state index in [2.05, 4.69) is 0 Å². The molecule has 0 aromatic heterocycles. The molecule has 0 amide bonds. The average molecular weight is 199 g/mol. The van der Waals surface area contributed by atoms with Crippen LogP contribution in [0, 0.1) is 10.1 Å². The summed E-state index contributed by atoms with van der Waals surface area (Å²) in [7, 11) is 0. The molecule has 0 unspecified atom stereocenters. The van der Waals surface area contributed by atoms with E-state index in [1.807, 2.05) is 6.92 Å². The number of benzene rings is 1. The van der Waals surface area contributed by atoms with Crippen molar-refractivity contribution in [2.45, 2.75) is 11.8 Å². The molecule has 5 heteroatoms. The van der Waals surface area contributed by atoms with Crippen LogP contribution in [0.25, 0.3) is 0 Å². The Morgan fingerprint density at radius 1 is 1.54 bits per heavy atom. The molecule has 0 bridgehead atoms. The van der Waals surface area contributed by atoms with Gasteiger partial charge in [0.2, 0.25) is 0 Å².